The Morgan fingerprint density at radius 2 is 2.06 bits per heavy atom. The molecule has 3 nitrogen and oxygen atoms in total. The van der Waals surface area contributed by atoms with Crippen LogP contribution < -0.4 is 0 Å². The zero-order chi connectivity index (χ0) is 12.0. The molecule has 0 aromatic heterocycles. The van der Waals surface area contributed by atoms with Crippen LogP contribution in [0, 0.1) is 5.82 Å². The average molecular weight is 226 g/mol. The third-order valence-corrected chi connectivity index (χ3v) is 2.31. The molecule has 0 saturated heterocycles. The average Bonchev–Trinajstić information content (AvgIpc) is 2.28. The number of hydrogen-bond acceptors (Lipinski definition) is 3. The Bertz CT molecular complexity index is 335. The Balaban J connectivity index is 2.34. The summed E-state index contributed by atoms with van der Waals surface area (Å²) in [5.41, 5.74) is 0.935. The van der Waals surface area contributed by atoms with Crippen LogP contribution in [0.1, 0.15) is 18.4 Å². The van der Waals surface area contributed by atoms with Crippen LogP contribution in [0.25, 0.3) is 0 Å². The summed E-state index contributed by atoms with van der Waals surface area (Å²) in [5.74, 6) is -0.703. The van der Waals surface area contributed by atoms with E-state index in [0.717, 1.165) is 5.56 Å². The zero-order valence-electron chi connectivity index (χ0n) is 9.15. The van der Waals surface area contributed by atoms with Gasteiger partial charge in [-0.2, -0.15) is 0 Å². The van der Waals surface area contributed by atoms with Gasteiger partial charge >= 0.3 is 5.97 Å². The van der Waals surface area contributed by atoms with E-state index in [4.69, 9.17) is 0 Å². The highest BCUT2D eigenvalue weighted by molar-refractivity contribution is 5.69. The number of carbonyl (C=O) groups excluding carboxylic acids is 1. The van der Waals surface area contributed by atoms with Gasteiger partial charge in [0.2, 0.25) is 0 Å². The number of ether oxygens (including phenoxy) is 1. The highest BCUT2D eigenvalue weighted by atomic mass is 19.1. The fourth-order valence-electron chi connectivity index (χ4n) is 1.36. The molecule has 0 heterocycles. The van der Waals surface area contributed by atoms with Crippen molar-refractivity contribution in [3.8, 4) is 0 Å². The number of rotatable bonds is 5. The van der Waals surface area contributed by atoms with Crippen molar-refractivity contribution in [1.29, 1.82) is 0 Å². The molecule has 16 heavy (non-hydrogen) atoms. The van der Waals surface area contributed by atoms with Crippen molar-refractivity contribution in [2.75, 3.05) is 7.11 Å². The lowest BCUT2D eigenvalue weighted by Gasteiger charge is -2.08. The molecule has 0 aliphatic carbocycles. The molecule has 88 valence electrons. The number of hydrogen-bond donors (Lipinski definition) is 1. The largest absolute Gasteiger partial charge is 0.469 e. The van der Waals surface area contributed by atoms with Crippen LogP contribution in [0.2, 0.25) is 0 Å². The molecule has 0 aliphatic heterocycles. The molecular weight excluding hydrogens is 211 g/mol. The summed E-state index contributed by atoms with van der Waals surface area (Å²) in [6.45, 7) is 0. The van der Waals surface area contributed by atoms with Crippen molar-refractivity contribution in [2.45, 2.75) is 25.4 Å². The van der Waals surface area contributed by atoms with Gasteiger partial charge in [0, 0.05) is 0 Å². The molecule has 4 heteroatoms. The second-order valence-electron chi connectivity index (χ2n) is 3.60. The van der Waals surface area contributed by atoms with E-state index in [-0.39, 0.29) is 12.2 Å². The van der Waals surface area contributed by atoms with Crippen molar-refractivity contribution in [3.63, 3.8) is 0 Å². The van der Waals surface area contributed by atoms with Crippen LogP contribution >= 0.6 is 0 Å². The minimum absolute atomic E-state index is 0.00229. The fraction of sp³-hybridized carbons (Fsp3) is 0.417. The van der Waals surface area contributed by atoms with Crippen molar-refractivity contribution in [3.05, 3.63) is 35.6 Å². The molecule has 1 rings (SSSR count). The monoisotopic (exact) mass is 226 g/mol. The Kier molecular flexibility index (Phi) is 4.92. The van der Waals surface area contributed by atoms with E-state index in [0.29, 0.717) is 12.8 Å². The van der Waals surface area contributed by atoms with E-state index in [9.17, 15) is 14.3 Å². The van der Waals surface area contributed by atoms with E-state index in [1.165, 1.54) is 19.2 Å². The maximum absolute atomic E-state index is 12.6. The summed E-state index contributed by atoms with van der Waals surface area (Å²) in [4.78, 5) is 10.8. The van der Waals surface area contributed by atoms with Gasteiger partial charge in [-0.1, -0.05) is 12.1 Å². The van der Waals surface area contributed by atoms with Crippen LogP contribution in [0.3, 0.4) is 0 Å². The number of esters is 1. The third-order valence-electron chi connectivity index (χ3n) is 2.31. The summed E-state index contributed by atoms with van der Waals surface area (Å²) in [6, 6.07) is 6.09. The smallest absolute Gasteiger partial charge is 0.308 e. The number of aliphatic hydroxyl groups excluding tert-OH is 1. The molecule has 0 aliphatic rings. The Morgan fingerprint density at radius 3 is 2.62 bits per heavy atom. The van der Waals surface area contributed by atoms with E-state index in [1.54, 1.807) is 12.1 Å². The number of halogens is 1. The summed E-state index contributed by atoms with van der Waals surface area (Å²) in [6.07, 6.45) is 0.356. The van der Waals surface area contributed by atoms with Gasteiger partial charge in [-0.25, -0.2) is 4.39 Å². The summed E-state index contributed by atoms with van der Waals surface area (Å²) < 4.78 is 17.0. The van der Waals surface area contributed by atoms with Crippen LogP contribution in [0.4, 0.5) is 4.39 Å². The van der Waals surface area contributed by atoms with Crippen LogP contribution in [-0.2, 0) is 16.0 Å². The molecule has 0 amide bonds. The van der Waals surface area contributed by atoms with Crippen LogP contribution in [-0.4, -0.2) is 24.3 Å². The summed E-state index contributed by atoms with van der Waals surface area (Å²) in [5, 5.41) is 9.49. The van der Waals surface area contributed by atoms with Gasteiger partial charge in [0.15, 0.2) is 0 Å². The molecule has 1 aromatic rings. The normalized spacial score (nSPS) is 12.2. The summed E-state index contributed by atoms with van der Waals surface area (Å²) >= 11 is 0. The Labute approximate surface area is 93.9 Å². The van der Waals surface area contributed by atoms with Gasteiger partial charge in [-0.05, 0) is 30.5 Å². The highest BCUT2D eigenvalue weighted by Crippen LogP contribution is 2.09. The van der Waals surface area contributed by atoms with Crippen molar-refractivity contribution in [1.82, 2.24) is 0 Å². The first-order chi connectivity index (χ1) is 7.61. The predicted molar refractivity (Wildman–Crippen MR) is 57.4 cm³/mol. The molecule has 1 atom stereocenters. The van der Waals surface area contributed by atoms with Gasteiger partial charge < -0.3 is 9.84 Å². The fourth-order valence-corrected chi connectivity index (χ4v) is 1.36. The number of aryl methyl sites for hydroxylation is 1. The predicted octanol–water partition coefficient (Wildman–Crippen LogP) is 1.68. The minimum Gasteiger partial charge on any atom is -0.469 e. The molecule has 0 spiro atoms. The van der Waals surface area contributed by atoms with E-state index in [1.807, 2.05) is 0 Å². The molecular formula is C12H15FO3. The quantitative estimate of drug-likeness (QED) is 0.777. The van der Waals surface area contributed by atoms with Gasteiger partial charge in [-0.3, -0.25) is 4.79 Å². The Hall–Kier alpha value is -1.42. The van der Waals surface area contributed by atoms with Crippen molar-refractivity contribution < 1.29 is 19.0 Å². The van der Waals surface area contributed by atoms with Crippen molar-refractivity contribution >= 4 is 5.97 Å². The van der Waals surface area contributed by atoms with Crippen LogP contribution in [0.15, 0.2) is 24.3 Å². The van der Waals surface area contributed by atoms with Gasteiger partial charge in [0.05, 0.1) is 19.6 Å². The number of aliphatic hydroxyl groups is 1. The van der Waals surface area contributed by atoms with E-state index >= 15 is 0 Å². The lowest BCUT2D eigenvalue weighted by Crippen LogP contribution is -2.15. The van der Waals surface area contributed by atoms with E-state index in [2.05, 4.69) is 4.74 Å². The second kappa shape index (κ2) is 6.23. The SMILES string of the molecule is COC(=O)C[C@@H](O)CCc1ccc(F)cc1. The van der Waals surface area contributed by atoms with Gasteiger partial charge in [0.25, 0.3) is 0 Å². The molecule has 0 bridgehead atoms. The number of methoxy groups -OCH3 is 1. The maximum atomic E-state index is 12.6. The first kappa shape index (κ1) is 12.6. The maximum Gasteiger partial charge on any atom is 0.308 e. The first-order valence-electron chi connectivity index (χ1n) is 5.11. The second-order valence-corrected chi connectivity index (χ2v) is 3.60. The topological polar surface area (TPSA) is 46.5 Å². The molecule has 0 saturated carbocycles. The molecule has 0 fully saturated rings. The standard InChI is InChI=1S/C12H15FO3/c1-16-12(15)8-11(14)7-4-9-2-5-10(13)6-3-9/h2-3,5-6,11,14H,4,7-8H2,1H3/t11-/m0/s1. The molecule has 1 aromatic carbocycles. The zero-order valence-corrected chi connectivity index (χ0v) is 9.15. The number of carbonyl (C=O) groups is 1. The molecule has 0 unspecified atom stereocenters. The molecule has 0 radical (unpaired) electrons. The minimum atomic E-state index is -0.711. The Morgan fingerprint density at radius 1 is 1.44 bits per heavy atom. The third kappa shape index (κ3) is 4.40. The lowest BCUT2D eigenvalue weighted by molar-refractivity contribution is -0.142. The van der Waals surface area contributed by atoms with Crippen LogP contribution in [0.5, 0.6) is 0 Å². The number of benzene rings is 1. The molecule has 1 N–H and O–H groups in total. The van der Waals surface area contributed by atoms with Gasteiger partial charge in [0.1, 0.15) is 5.82 Å². The first-order valence-corrected chi connectivity index (χ1v) is 5.11. The van der Waals surface area contributed by atoms with E-state index < -0.39 is 12.1 Å². The lowest BCUT2D eigenvalue weighted by atomic mass is 10.1. The highest BCUT2D eigenvalue weighted by Gasteiger charge is 2.10. The van der Waals surface area contributed by atoms with Gasteiger partial charge in [-0.15, -0.1) is 0 Å². The summed E-state index contributed by atoms with van der Waals surface area (Å²) in [7, 11) is 1.29. The van der Waals surface area contributed by atoms with Crippen molar-refractivity contribution in [2.24, 2.45) is 0 Å².